The molecule has 1 aromatic rings. The van der Waals surface area contributed by atoms with Gasteiger partial charge in [-0.1, -0.05) is 23.7 Å². The zero-order valence-corrected chi connectivity index (χ0v) is 8.80. The number of rotatable bonds is 2. The molecule has 0 spiro atoms. The van der Waals surface area contributed by atoms with Crippen LogP contribution in [0, 0.1) is 11.8 Å². The Labute approximate surface area is 89.5 Å². The van der Waals surface area contributed by atoms with Gasteiger partial charge < -0.3 is 5.32 Å². The molecule has 1 heterocycles. The van der Waals surface area contributed by atoms with Crippen LogP contribution in [0.25, 0.3) is 0 Å². The number of nitrogens with one attached hydrogen (secondary N) is 1. The molecule has 0 bridgehead atoms. The molecule has 1 aliphatic heterocycles. The quantitative estimate of drug-likeness (QED) is 0.786. The Hall–Kier alpha value is -0.530. The second-order valence-electron chi connectivity index (χ2n) is 4.44. The molecule has 0 radical (unpaired) electrons. The number of hydrogen-bond acceptors (Lipinski definition) is 1. The predicted octanol–water partition coefficient (Wildman–Crippen LogP) is 3.01. The third-order valence-corrected chi connectivity index (χ3v) is 3.67. The van der Waals surface area contributed by atoms with E-state index in [4.69, 9.17) is 11.6 Å². The normalized spacial score (nSPS) is 31.2. The summed E-state index contributed by atoms with van der Waals surface area (Å²) in [6.07, 6.45) is 2.87. The number of hydrogen-bond donors (Lipinski definition) is 1. The van der Waals surface area contributed by atoms with E-state index in [-0.39, 0.29) is 0 Å². The van der Waals surface area contributed by atoms with Crippen LogP contribution < -0.4 is 5.32 Å². The fourth-order valence-electron chi connectivity index (χ4n) is 2.40. The SMILES string of the molecule is Clc1cccc(C2NCC2C2CC2)c1. The molecule has 2 unspecified atom stereocenters. The van der Waals surface area contributed by atoms with Crippen molar-refractivity contribution in [2.45, 2.75) is 18.9 Å². The largest absolute Gasteiger partial charge is 0.309 e. The summed E-state index contributed by atoms with van der Waals surface area (Å²) in [6.45, 7) is 1.20. The molecule has 1 saturated carbocycles. The molecule has 14 heavy (non-hydrogen) atoms. The smallest absolute Gasteiger partial charge is 0.0409 e. The van der Waals surface area contributed by atoms with E-state index in [1.807, 2.05) is 12.1 Å². The Balaban J connectivity index is 1.81. The van der Waals surface area contributed by atoms with E-state index >= 15 is 0 Å². The maximum absolute atomic E-state index is 5.99. The van der Waals surface area contributed by atoms with Gasteiger partial charge in [-0.25, -0.2) is 0 Å². The highest BCUT2D eigenvalue weighted by molar-refractivity contribution is 6.30. The van der Waals surface area contributed by atoms with Crippen LogP contribution in [0.1, 0.15) is 24.4 Å². The second kappa shape index (κ2) is 3.25. The summed E-state index contributed by atoms with van der Waals surface area (Å²) < 4.78 is 0. The van der Waals surface area contributed by atoms with Crippen LogP contribution in [-0.2, 0) is 0 Å². The number of benzene rings is 1. The second-order valence-corrected chi connectivity index (χ2v) is 4.88. The molecule has 2 aliphatic rings. The summed E-state index contributed by atoms with van der Waals surface area (Å²) >= 11 is 5.99. The van der Waals surface area contributed by atoms with E-state index in [0.29, 0.717) is 6.04 Å². The first-order valence-electron chi connectivity index (χ1n) is 5.33. The Morgan fingerprint density at radius 1 is 1.29 bits per heavy atom. The molecule has 2 heteroatoms. The van der Waals surface area contributed by atoms with Crippen molar-refractivity contribution < 1.29 is 0 Å². The number of halogens is 1. The van der Waals surface area contributed by atoms with E-state index in [2.05, 4.69) is 17.4 Å². The molecular formula is C12H14ClN. The minimum absolute atomic E-state index is 0.571. The first kappa shape index (κ1) is 8.75. The highest BCUT2D eigenvalue weighted by Crippen LogP contribution is 2.46. The van der Waals surface area contributed by atoms with Gasteiger partial charge in [0.2, 0.25) is 0 Å². The van der Waals surface area contributed by atoms with Gasteiger partial charge in [0, 0.05) is 17.6 Å². The first-order chi connectivity index (χ1) is 6.84. The van der Waals surface area contributed by atoms with Crippen LogP contribution in [0.15, 0.2) is 24.3 Å². The summed E-state index contributed by atoms with van der Waals surface area (Å²) in [4.78, 5) is 0. The van der Waals surface area contributed by atoms with E-state index in [0.717, 1.165) is 16.9 Å². The van der Waals surface area contributed by atoms with Crippen molar-refractivity contribution in [3.8, 4) is 0 Å². The topological polar surface area (TPSA) is 12.0 Å². The monoisotopic (exact) mass is 207 g/mol. The molecule has 3 rings (SSSR count). The summed E-state index contributed by atoms with van der Waals surface area (Å²) in [5, 5.41) is 4.35. The Morgan fingerprint density at radius 3 is 2.71 bits per heavy atom. The van der Waals surface area contributed by atoms with Crippen LogP contribution in [0.5, 0.6) is 0 Å². The van der Waals surface area contributed by atoms with Crippen molar-refractivity contribution in [2.24, 2.45) is 11.8 Å². The van der Waals surface area contributed by atoms with E-state index in [1.165, 1.54) is 24.9 Å². The molecule has 1 aliphatic carbocycles. The van der Waals surface area contributed by atoms with Gasteiger partial charge in [-0.3, -0.25) is 0 Å². The minimum atomic E-state index is 0.571. The Kier molecular flexibility index (Phi) is 2.03. The average Bonchev–Trinajstić information content (AvgIpc) is 2.86. The highest BCUT2D eigenvalue weighted by atomic mass is 35.5. The molecule has 1 nitrogen and oxygen atoms in total. The first-order valence-corrected chi connectivity index (χ1v) is 5.71. The third-order valence-electron chi connectivity index (χ3n) is 3.44. The Morgan fingerprint density at radius 2 is 2.14 bits per heavy atom. The van der Waals surface area contributed by atoms with Crippen LogP contribution >= 0.6 is 11.6 Å². The molecule has 0 amide bonds. The van der Waals surface area contributed by atoms with E-state index < -0.39 is 0 Å². The zero-order chi connectivity index (χ0) is 9.54. The van der Waals surface area contributed by atoms with E-state index in [1.54, 1.807) is 0 Å². The minimum Gasteiger partial charge on any atom is -0.309 e. The van der Waals surface area contributed by atoms with Gasteiger partial charge in [0.1, 0.15) is 0 Å². The molecular weight excluding hydrogens is 194 g/mol. The van der Waals surface area contributed by atoms with Gasteiger partial charge in [-0.05, 0) is 42.4 Å². The van der Waals surface area contributed by atoms with Gasteiger partial charge in [0.05, 0.1) is 0 Å². The summed E-state index contributed by atoms with van der Waals surface area (Å²) in [6, 6.07) is 8.82. The van der Waals surface area contributed by atoms with Crippen molar-refractivity contribution in [1.82, 2.24) is 5.32 Å². The zero-order valence-electron chi connectivity index (χ0n) is 8.04. The van der Waals surface area contributed by atoms with Crippen molar-refractivity contribution in [3.63, 3.8) is 0 Å². The molecule has 1 aromatic carbocycles. The maximum atomic E-state index is 5.99. The summed E-state index contributed by atoms with van der Waals surface area (Å²) in [5.74, 6) is 1.86. The third kappa shape index (κ3) is 1.45. The van der Waals surface area contributed by atoms with Crippen LogP contribution in [-0.4, -0.2) is 6.54 Å². The maximum Gasteiger partial charge on any atom is 0.0409 e. The lowest BCUT2D eigenvalue weighted by Crippen LogP contribution is -2.46. The predicted molar refractivity (Wildman–Crippen MR) is 58.4 cm³/mol. The van der Waals surface area contributed by atoms with Crippen LogP contribution in [0.4, 0.5) is 0 Å². The molecule has 74 valence electrons. The molecule has 1 N–H and O–H groups in total. The average molecular weight is 208 g/mol. The van der Waals surface area contributed by atoms with Gasteiger partial charge >= 0.3 is 0 Å². The molecule has 2 fully saturated rings. The Bertz CT molecular complexity index is 346. The molecule has 0 aromatic heterocycles. The molecule has 2 atom stereocenters. The lowest BCUT2D eigenvalue weighted by atomic mass is 9.82. The standard InChI is InChI=1S/C12H14ClN/c13-10-3-1-2-9(6-10)12-11(7-14-12)8-4-5-8/h1-3,6,8,11-12,14H,4-5,7H2. The van der Waals surface area contributed by atoms with Crippen molar-refractivity contribution in [2.75, 3.05) is 6.54 Å². The van der Waals surface area contributed by atoms with Crippen molar-refractivity contribution in [1.29, 1.82) is 0 Å². The molecule has 1 saturated heterocycles. The lowest BCUT2D eigenvalue weighted by molar-refractivity contribution is 0.206. The van der Waals surface area contributed by atoms with Crippen LogP contribution in [0.3, 0.4) is 0 Å². The van der Waals surface area contributed by atoms with Crippen molar-refractivity contribution >= 4 is 11.6 Å². The fourth-order valence-corrected chi connectivity index (χ4v) is 2.60. The fraction of sp³-hybridized carbons (Fsp3) is 0.500. The van der Waals surface area contributed by atoms with Gasteiger partial charge in [0.15, 0.2) is 0 Å². The van der Waals surface area contributed by atoms with E-state index in [9.17, 15) is 0 Å². The van der Waals surface area contributed by atoms with Crippen LogP contribution in [0.2, 0.25) is 5.02 Å². The highest BCUT2D eigenvalue weighted by Gasteiger charge is 2.42. The van der Waals surface area contributed by atoms with Gasteiger partial charge in [0.25, 0.3) is 0 Å². The summed E-state index contributed by atoms with van der Waals surface area (Å²) in [7, 11) is 0. The van der Waals surface area contributed by atoms with Crippen molar-refractivity contribution in [3.05, 3.63) is 34.9 Å². The lowest BCUT2D eigenvalue weighted by Gasteiger charge is -2.39. The summed E-state index contributed by atoms with van der Waals surface area (Å²) in [5.41, 5.74) is 1.36. The van der Waals surface area contributed by atoms with Gasteiger partial charge in [-0.15, -0.1) is 0 Å². The van der Waals surface area contributed by atoms with Gasteiger partial charge in [-0.2, -0.15) is 0 Å².